The van der Waals surface area contributed by atoms with E-state index in [2.05, 4.69) is 16.6 Å². The summed E-state index contributed by atoms with van der Waals surface area (Å²) < 4.78 is 6.89. The molecule has 0 radical (unpaired) electrons. The first-order valence-electron chi connectivity index (χ1n) is 13.6. The number of amidine groups is 1. The van der Waals surface area contributed by atoms with E-state index in [1.807, 2.05) is 52.0 Å². The van der Waals surface area contributed by atoms with Crippen LogP contribution in [0.1, 0.15) is 65.9 Å². The Morgan fingerprint density at radius 1 is 1.26 bits per heavy atom. The Kier molecular flexibility index (Phi) is 8.34. The number of nitrogens with zero attached hydrogens (tertiary/aromatic N) is 4. The molecule has 10 heteroatoms. The van der Waals surface area contributed by atoms with Crippen molar-refractivity contribution in [3.05, 3.63) is 99.9 Å². The predicted molar refractivity (Wildman–Crippen MR) is 171 cm³/mol. The molecule has 2 aromatic heterocycles. The molecule has 0 fully saturated rings. The molecule has 0 saturated carbocycles. The number of pyridine rings is 1. The van der Waals surface area contributed by atoms with Gasteiger partial charge in [0.05, 0.1) is 27.9 Å². The second kappa shape index (κ2) is 11.8. The number of allylic oxidation sites excluding steroid dienone is 2. The summed E-state index contributed by atoms with van der Waals surface area (Å²) in [6.07, 6.45) is 5.40. The molecule has 1 unspecified atom stereocenters. The quantitative estimate of drug-likeness (QED) is 0.129. The van der Waals surface area contributed by atoms with Crippen molar-refractivity contribution >= 4 is 56.4 Å². The van der Waals surface area contributed by atoms with Crippen molar-refractivity contribution in [3.8, 4) is 11.1 Å². The first-order chi connectivity index (χ1) is 20.3. The monoisotopic (exact) mass is 614 g/mol. The first-order valence-corrected chi connectivity index (χ1v) is 14.8. The van der Waals surface area contributed by atoms with E-state index in [-0.39, 0.29) is 5.91 Å². The fourth-order valence-corrected chi connectivity index (χ4v) is 6.16. The van der Waals surface area contributed by atoms with E-state index in [9.17, 15) is 14.7 Å². The molecule has 0 spiro atoms. The highest BCUT2D eigenvalue weighted by molar-refractivity contribution is 7.20. The van der Waals surface area contributed by atoms with Crippen molar-refractivity contribution in [2.24, 2.45) is 4.99 Å². The maximum absolute atomic E-state index is 12.7. The minimum Gasteiger partial charge on any atom is -0.479 e. The van der Waals surface area contributed by atoms with Crippen LogP contribution in [0.3, 0.4) is 0 Å². The molecular formula is C33H31ClN4O4S. The molecule has 43 heavy (non-hydrogen) atoms. The van der Waals surface area contributed by atoms with Crippen molar-refractivity contribution in [2.45, 2.75) is 52.9 Å². The number of aliphatic imine (C=N–C) groups is 1. The number of ether oxygens (including phenoxy) is 1. The van der Waals surface area contributed by atoms with E-state index in [1.165, 1.54) is 11.3 Å². The Morgan fingerprint density at radius 2 is 1.98 bits per heavy atom. The Hall–Kier alpha value is -4.18. The summed E-state index contributed by atoms with van der Waals surface area (Å²) >= 11 is 7.61. The number of aryl methyl sites for hydroxylation is 1. The molecule has 1 amide bonds. The van der Waals surface area contributed by atoms with Gasteiger partial charge in [0.15, 0.2) is 6.10 Å². The molecule has 0 saturated heterocycles. The second-order valence-electron chi connectivity index (χ2n) is 11.2. The Bertz CT molecular complexity index is 1820. The number of thiazole rings is 1. The number of hydrogen-bond acceptors (Lipinski definition) is 7. The molecule has 1 atom stereocenters. The summed E-state index contributed by atoms with van der Waals surface area (Å²) in [5.41, 5.74) is 5.01. The smallest absolute Gasteiger partial charge is 0.337 e. The molecule has 2 aromatic carbocycles. The van der Waals surface area contributed by atoms with Crippen LogP contribution in [0.25, 0.3) is 26.9 Å². The minimum absolute atomic E-state index is 0.126. The molecular weight excluding hydrogens is 584 g/mol. The number of fused-ring (bicyclic) bond motifs is 2. The maximum atomic E-state index is 12.7. The summed E-state index contributed by atoms with van der Waals surface area (Å²) in [6, 6.07) is 11.0. The predicted octanol–water partition coefficient (Wildman–Crippen LogP) is 7.86. The molecule has 0 bridgehead atoms. The van der Waals surface area contributed by atoms with Crippen molar-refractivity contribution in [1.29, 1.82) is 0 Å². The van der Waals surface area contributed by atoms with E-state index < -0.39 is 17.7 Å². The van der Waals surface area contributed by atoms with Crippen LogP contribution >= 0.6 is 22.9 Å². The lowest BCUT2D eigenvalue weighted by Crippen LogP contribution is -2.28. The number of carbonyl (C=O) groups is 2. The van der Waals surface area contributed by atoms with Crippen LogP contribution < -0.4 is 0 Å². The third-order valence-electron chi connectivity index (χ3n) is 6.94. The third kappa shape index (κ3) is 6.29. The van der Waals surface area contributed by atoms with Crippen molar-refractivity contribution in [3.63, 3.8) is 0 Å². The van der Waals surface area contributed by atoms with Crippen LogP contribution in [-0.4, -0.2) is 43.3 Å². The lowest BCUT2D eigenvalue weighted by Gasteiger charge is -2.28. The van der Waals surface area contributed by atoms with Gasteiger partial charge in [-0.2, -0.15) is 0 Å². The van der Waals surface area contributed by atoms with Crippen LogP contribution in [0.4, 0.5) is 0 Å². The molecule has 1 N–H and O–H groups in total. The lowest BCUT2D eigenvalue weighted by molar-refractivity contribution is -0.160. The number of amides is 1. The van der Waals surface area contributed by atoms with Crippen molar-refractivity contribution in [1.82, 2.24) is 14.9 Å². The summed E-state index contributed by atoms with van der Waals surface area (Å²) in [7, 11) is 0. The number of halogens is 1. The number of carbonyl (C=O) groups excluding carboxylic acids is 1. The van der Waals surface area contributed by atoms with Gasteiger partial charge >= 0.3 is 5.97 Å². The summed E-state index contributed by atoms with van der Waals surface area (Å²) in [5.74, 6) is -0.647. The van der Waals surface area contributed by atoms with E-state index in [0.717, 1.165) is 32.5 Å². The molecule has 3 heterocycles. The Labute approximate surface area is 259 Å². The van der Waals surface area contributed by atoms with E-state index in [4.69, 9.17) is 21.3 Å². The van der Waals surface area contributed by atoms with Crippen LogP contribution in [0.15, 0.2) is 72.6 Å². The normalized spacial score (nSPS) is 14.5. The largest absolute Gasteiger partial charge is 0.479 e. The second-order valence-corrected chi connectivity index (χ2v) is 12.7. The van der Waals surface area contributed by atoms with Gasteiger partial charge in [-0.1, -0.05) is 30.3 Å². The Balaban J connectivity index is 1.52. The highest BCUT2D eigenvalue weighted by Gasteiger charge is 2.32. The Morgan fingerprint density at radius 3 is 2.63 bits per heavy atom. The van der Waals surface area contributed by atoms with Gasteiger partial charge in [0.1, 0.15) is 10.8 Å². The third-order valence-corrected chi connectivity index (χ3v) is 8.35. The van der Waals surface area contributed by atoms with Gasteiger partial charge < -0.3 is 9.84 Å². The van der Waals surface area contributed by atoms with Crippen molar-refractivity contribution < 1.29 is 19.4 Å². The first kappa shape index (κ1) is 30.3. The zero-order valence-corrected chi connectivity index (χ0v) is 26.1. The molecule has 4 aromatic rings. The van der Waals surface area contributed by atoms with Gasteiger partial charge in [-0.3, -0.25) is 14.7 Å². The SMILES string of the molecule is C=C(C=CN=C(C)N1Cc2ccncc2C1=O)c1nc2cc(C)c(C(OC(C)(C)C)C(=O)O)c(-c3ccc(Cl)cc3)c2s1. The van der Waals surface area contributed by atoms with Crippen molar-refractivity contribution in [2.75, 3.05) is 0 Å². The van der Waals surface area contributed by atoms with Crippen LogP contribution in [0.5, 0.6) is 0 Å². The molecule has 8 nitrogen and oxygen atoms in total. The maximum Gasteiger partial charge on any atom is 0.337 e. The van der Waals surface area contributed by atoms with E-state index in [0.29, 0.717) is 39.1 Å². The van der Waals surface area contributed by atoms with Gasteiger partial charge in [0.25, 0.3) is 5.91 Å². The highest BCUT2D eigenvalue weighted by Crippen LogP contribution is 2.43. The standard InChI is InChI=1S/C33H31ClN4O4S/c1-18(11-14-36-20(3)38-17-22-12-13-35-16-24(22)31(38)39)30-37-25-15-19(2)26(28(32(40)41)42-33(4,5)6)27(29(25)43-30)21-7-9-23(34)10-8-21/h7-16,28H,1,17H2,2-6H3,(H,40,41). The number of aliphatic carboxylic acids is 1. The highest BCUT2D eigenvalue weighted by atomic mass is 35.5. The lowest BCUT2D eigenvalue weighted by atomic mass is 9.91. The van der Waals surface area contributed by atoms with Crippen LogP contribution in [0, 0.1) is 6.92 Å². The van der Waals surface area contributed by atoms with Crippen LogP contribution in [0.2, 0.25) is 5.02 Å². The molecule has 1 aliphatic heterocycles. The van der Waals surface area contributed by atoms with Gasteiger partial charge in [-0.05, 0) is 81.7 Å². The fraction of sp³-hybridized carbons (Fsp3) is 0.242. The number of benzene rings is 2. The molecule has 220 valence electrons. The number of carboxylic acids is 1. The minimum atomic E-state index is -1.20. The van der Waals surface area contributed by atoms with Crippen LogP contribution in [-0.2, 0) is 16.1 Å². The number of hydrogen-bond donors (Lipinski definition) is 1. The van der Waals surface area contributed by atoms with E-state index in [1.54, 1.807) is 48.6 Å². The van der Waals surface area contributed by atoms with E-state index >= 15 is 0 Å². The number of rotatable bonds is 7. The van der Waals surface area contributed by atoms with Gasteiger partial charge in [-0.15, -0.1) is 11.3 Å². The van der Waals surface area contributed by atoms with Gasteiger partial charge in [-0.25, -0.2) is 14.8 Å². The molecule has 5 rings (SSSR count). The average molecular weight is 615 g/mol. The average Bonchev–Trinajstić information content (AvgIpc) is 3.52. The molecule has 1 aliphatic rings. The number of aromatic nitrogens is 2. The number of carboxylic acid groups (broad SMARTS) is 1. The summed E-state index contributed by atoms with van der Waals surface area (Å²) in [5, 5.41) is 11.5. The summed E-state index contributed by atoms with van der Waals surface area (Å²) in [4.78, 5) is 40.3. The zero-order chi connectivity index (χ0) is 31.1. The van der Waals surface area contributed by atoms with Gasteiger partial charge in [0, 0.05) is 40.3 Å². The van der Waals surface area contributed by atoms with Gasteiger partial charge in [0.2, 0.25) is 0 Å². The molecule has 0 aliphatic carbocycles. The topological polar surface area (TPSA) is 105 Å². The zero-order valence-electron chi connectivity index (χ0n) is 24.5. The fourth-order valence-electron chi connectivity index (χ4n) is 4.95. The summed E-state index contributed by atoms with van der Waals surface area (Å²) in [6.45, 7) is 13.8.